The molecule has 0 unspecified atom stereocenters. The molecule has 3 aromatic heterocycles. The second-order valence-corrected chi connectivity index (χ2v) is 6.42. The van der Waals surface area contributed by atoms with Gasteiger partial charge in [0.15, 0.2) is 11.6 Å². The van der Waals surface area contributed by atoms with Crippen LogP contribution in [0.5, 0.6) is 0 Å². The summed E-state index contributed by atoms with van der Waals surface area (Å²) in [4.78, 5) is 13.8. The molecule has 0 radical (unpaired) electrons. The van der Waals surface area contributed by atoms with Gasteiger partial charge in [-0.15, -0.1) is 11.3 Å². The van der Waals surface area contributed by atoms with Crippen LogP contribution in [0.15, 0.2) is 33.7 Å². The molecule has 0 bridgehead atoms. The van der Waals surface area contributed by atoms with E-state index in [1.807, 2.05) is 17.6 Å². The molecule has 0 fully saturated rings. The molecule has 0 spiro atoms. The highest BCUT2D eigenvalue weighted by Gasteiger charge is 2.18. The van der Waals surface area contributed by atoms with Crippen LogP contribution in [-0.4, -0.2) is 34.6 Å². The normalized spacial score (nSPS) is 14.2. The van der Waals surface area contributed by atoms with Crippen molar-refractivity contribution in [2.24, 2.45) is 0 Å². The van der Waals surface area contributed by atoms with Crippen LogP contribution in [0.3, 0.4) is 0 Å². The van der Waals surface area contributed by atoms with Crippen LogP contribution in [0.1, 0.15) is 17.0 Å². The summed E-state index contributed by atoms with van der Waals surface area (Å²) >= 11 is 1.63. The van der Waals surface area contributed by atoms with E-state index in [1.54, 1.807) is 17.6 Å². The largest absolute Gasteiger partial charge is 0.461 e. The number of hydrogen-bond donors (Lipinski definition) is 2. The molecule has 0 amide bonds. The van der Waals surface area contributed by atoms with Crippen LogP contribution in [0.2, 0.25) is 0 Å². The van der Waals surface area contributed by atoms with E-state index in [4.69, 9.17) is 14.4 Å². The van der Waals surface area contributed by atoms with Crippen molar-refractivity contribution < 1.29 is 4.42 Å². The number of furan rings is 1. The second-order valence-electron chi connectivity index (χ2n) is 5.70. The molecule has 4 heterocycles. The van der Waals surface area contributed by atoms with Crippen LogP contribution < -0.4 is 10.6 Å². The fourth-order valence-corrected chi connectivity index (χ4v) is 3.47. The van der Waals surface area contributed by atoms with Gasteiger partial charge in [0, 0.05) is 36.9 Å². The SMILES string of the molecule is c1coc(-c2nc3c(c(NCCc4cscn4)n2)CCNCC3)c1. The van der Waals surface area contributed by atoms with Crippen molar-refractivity contribution in [2.75, 3.05) is 25.0 Å². The molecule has 0 atom stereocenters. The molecule has 7 heteroatoms. The van der Waals surface area contributed by atoms with Crippen molar-refractivity contribution in [2.45, 2.75) is 19.3 Å². The molecule has 1 aliphatic rings. The first-order valence-corrected chi connectivity index (χ1v) is 9.10. The van der Waals surface area contributed by atoms with E-state index >= 15 is 0 Å². The van der Waals surface area contributed by atoms with Crippen LogP contribution in [0, 0.1) is 0 Å². The molecule has 6 nitrogen and oxygen atoms in total. The zero-order valence-electron chi connectivity index (χ0n) is 13.3. The molecule has 2 N–H and O–H groups in total. The Morgan fingerprint density at radius 3 is 3.04 bits per heavy atom. The molecule has 0 aliphatic carbocycles. The summed E-state index contributed by atoms with van der Waals surface area (Å²) in [6.07, 6.45) is 4.39. The van der Waals surface area contributed by atoms with Gasteiger partial charge >= 0.3 is 0 Å². The summed E-state index contributed by atoms with van der Waals surface area (Å²) in [6.45, 7) is 2.70. The van der Waals surface area contributed by atoms with Gasteiger partial charge in [-0.3, -0.25) is 0 Å². The Morgan fingerprint density at radius 1 is 1.25 bits per heavy atom. The number of anilines is 1. The van der Waals surface area contributed by atoms with E-state index in [0.29, 0.717) is 11.6 Å². The van der Waals surface area contributed by atoms with Gasteiger partial charge < -0.3 is 15.1 Å². The van der Waals surface area contributed by atoms with Crippen molar-refractivity contribution in [3.8, 4) is 11.6 Å². The smallest absolute Gasteiger partial charge is 0.197 e. The summed E-state index contributed by atoms with van der Waals surface area (Å²) < 4.78 is 5.48. The molecular weight excluding hydrogens is 322 g/mol. The van der Waals surface area contributed by atoms with Crippen molar-refractivity contribution in [3.63, 3.8) is 0 Å². The van der Waals surface area contributed by atoms with E-state index in [2.05, 4.69) is 21.0 Å². The average molecular weight is 341 g/mol. The van der Waals surface area contributed by atoms with Crippen molar-refractivity contribution in [1.29, 1.82) is 0 Å². The summed E-state index contributed by atoms with van der Waals surface area (Å²) in [5, 5.41) is 9.00. The first-order valence-electron chi connectivity index (χ1n) is 8.15. The Hall–Kier alpha value is -2.25. The highest BCUT2D eigenvalue weighted by Crippen LogP contribution is 2.24. The van der Waals surface area contributed by atoms with E-state index in [1.165, 1.54) is 5.56 Å². The molecule has 24 heavy (non-hydrogen) atoms. The third kappa shape index (κ3) is 3.32. The molecule has 4 rings (SSSR count). The van der Waals surface area contributed by atoms with Gasteiger partial charge in [0.1, 0.15) is 5.82 Å². The van der Waals surface area contributed by atoms with Crippen LogP contribution >= 0.6 is 11.3 Å². The van der Waals surface area contributed by atoms with E-state index in [9.17, 15) is 0 Å². The quantitative estimate of drug-likeness (QED) is 0.743. The highest BCUT2D eigenvalue weighted by atomic mass is 32.1. The van der Waals surface area contributed by atoms with Crippen LogP contribution in [-0.2, 0) is 19.3 Å². The van der Waals surface area contributed by atoms with Gasteiger partial charge in [-0.1, -0.05) is 0 Å². The van der Waals surface area contributed by atoms with Crippen molar-refractivity contribution in [3.05, 3.63) is 46.2 Å². The summed E-state index contributed by atoms with van der Waals surface area (Å²) in [7, 11) is 0. The lowest BCUT2D eigenvalue weighted by atomic mass is 10.1. The zero-order chi connectivity index (χ0) is 16.2. The number of nitrogens with one attached hydrogen (secondary N) is 2. The van der Waals surface area contributed by atoms with Gasteiger partial charge in [-0.05, 0) is 25.1 Å². The predicted molar refractivity (Wildman–Crippen MR) is 94.3 cm³/mol. The third-order valence-electron chi connectivity index (χ3n) is 4.08. The molecule has 1 aliphatic heterocycles. The van der Waals surface area contributed by atoms with Crippen molar-refractivity contribution >= 4 is 17.2 Å². The number of hydrogen-bond acceptors (Lipinski definition) is 7. The molecule has 0 saturated heterocycles. The molecule has 3 aromatic rings. The van der Waals surface area contributed by atoms with Crippen LogP contribution in [0.4, 0.5) is 5.82 Å². The Bertz CT molecular complexity index is 786. The predicted octanol–water partition coefficient (Wildman–Crippen LogP) is 2.54. The number of fused-ring (bicyclic) bond motifs is 1. The minimum absolute atomic E-state index is 0.650. The standard InChI is InChI=1S/C17H19N5OS/c1-2-15(23-9-1)17-21-14-5-7-18-6-4-13(14)16(22-17)19-8-3-12-10-24-11-20-12/h1-2,9-11,18H,3-8H2,(H,19,21,22). The van der Waals surface area contributed by atoms with Crippen molar-refractivity contribution in [1.82, 2.24) is 20.3 Å². The Labute approximate surface area is 144 Å². The molecule has 0 aromatic carbocycles. The number of aromatic nitrogens is 3. The van der Waals surface area contributed by atoms with Crippen LogP contribution in [0.25, 0.3) is 11.6 Å². The lowest BCUT2D eigenvalue weighted by Gasteiger charge is -2.14. The second kappa shape index (κ2) is 7.11. The number of nitrogens with zero attached hydrogens (tertiary/aromatic N) is 3. The van der Waals surface area contributed by atoms with Gasteiger partial charge in [0.25, 0.3) is 0 Å². The minimum Gasteiger partial charge on any atom is -0.461 e. The zero-order valence-corrected chi connectivity index (χ0v) is 14.1. The number of rotatable bonds is 5. The van der Waals surface area contributed by atoms with E-state index in [-0.39, 0.29) is 0 Å². The average Bonchev–Trinajstić information content (AvgIpc) is 3.25. The highest BCUT2D eigenvalue weighted by molar-refractivity contribution is 7.07. The maximum absolute atomic E-state index is 5.48. The Kier molecular flexibility index (Phi) is 4.53. The van der Waals surface area contributed by atoms with E-state index in [0.717, 1.165) is 56.1 Å². The minimum atomic E-state index is 0.650. The maximum Gasteiger partial charge on any atom is 0.197 e. The summed E-state index contributed by atoms with van der Waals surface area (Å²) in [5.74, 6) is 2.28. The lowest BCUT2D eigenvalue weighted by molar-refractivity contribution is 0.576. The summed E-state index contributed by atoms with van der Waals surface area (Å²) in [5.41, 5.74) is 5.30. The van der Waals surface area contributed by atoms with Gasteiger partial charge in [-0.2, -0.15) is 0 Å². The number of thiazole rings is 1. The monoisotopic (exact) mass is 341 g/mol. The van der Waals surface area contributed by atoms with Gasteiger partial charge in [-0.25, -0.2) is 15.0 Å². The molecule has 124 valence electrons. The fourth-order valence-electron chi connectivity index (χ4n) is 2.88. The first-order chi connectivity index (χ1) is 11.9. The van der Waals surface area contributed by atoms with E-state index < -0.39 is 0 Å². The summed E-state index contributed by atoms with van der Waals surface area (Å²) in [6, 6.07) is 3.76. The third-order valence-corrected chi connectivity index (χ3v) is 4.72. The molecular formula is C17H19N5OS. The Morgan fingerprint density at radius 2 is 2.21 bits per heavy atom. The topological polar surface area (TPSA) is 75.9 Å². The molecule has 0 saturated carbocycles. The van der Waals surface area contributed by atoms with Gasteiger partial charge in [0.05, 0.1) is 23.2 Å². The fraction of sp³-hybridized carbons (Fsp3) is 0.353. The lowest BCUT2D eigenvalue weighted by Crippen LogP contribution is -2.16. The first kappa shape index (κ1) is 15.3. The van der Waals surface area contributed by atoms with Gasteiger partial charge in [0.2, 0.25) is 0 Å². The maximum atomic E-state index is 5.48. The Balaban J connectivity index is 1.61.